The molecule has 0 atom stereocenters. The van der Waals surface area contributed by atoms with E-state index in [1.54, 1.807) is 5.43 Å². The van der Waals surface area contributed by atoms with Crippen molar-refractivity contribution in [3.05, 3.63) is 0 Å². The van der Waals surface area contributed by atoms with Crippen molar-refractivity contribution in [2.24, 2.45) is 5.84 Å². The standard InChI is InChI=1S/C4H11N3O3S/c1-2-11(9,10)6-3-4(8)7-5/h6H,2-3,5H2,1H3,(H,7,8). The summed E-state index contributed by atoms with van der Waals surface area (Å²) in [5, 5.41) is 0. The van der Waals surface area contributed by atoms with Crippen LogP contribution in [0.4, 0.5) is 0 Å². The Morgan fingerprint density at radius 2 is 2.09 bits per heavy atom. The highest BCUT2D eigenvalue weighted by atomic mass is 32.2. The molecule has 0 aliphatic carbocycles. The number of hydrogen-bond acceptors (Lipinski definition) is 4. The van der Waals surface area contributed by atoms with Crippen molar-refractivity contribution in [2.45, 2.75) is 6.92 Å². The number of nitrogens with one attached hydrogen (secondary N) is 2. The van der Waals surface area contributed by atoms with Crippen LogP contribution < -0.4 is 16.0 Å². The summed E-state index contributed by atoms with van der Waals surface area (Å²) in [7, 11) is -3.29. The number of amides is 1. The predicted molar refractivity (Wildman–Crippen MR) is 39.8 cm³/mol. The van der Waals surface area contributed by atoms with Crippen LogP contribution in [0, 0.1) is 0 Å². The summed E-state index contributed by atoms with van der Waals surface area (Å²) in [5.74, 6) is 4.09. The lowest BCUT2D eigenvalue weighted by Crippen LogP contribution is -2.40. The first-order valence-electron chi connectivity index (χ1n) is 2.98. The van der Waals surface area contributed by atoms with Gasteiger partial charge in [-0.25, -0.2) is 19.0 Å². The predicted octanol–water partition coefficient (Wildman–Crippen LogP) is -2.08. The van der Waals surface area contributed by atoms with E-state index in [2.05, 4.69) is 0 Å². The van der Waals surface area contributed by atoms with Gasteiger partial charge in [-0.15, -0.1) is 0 Å². The van der Waals surface area contributed by atoms with E-state index in [4.69, 9.17) is 5.84 Å². The smallest absolute Gasteiger partial charge is 0.248 e. The molecule has 1 amide bonds. The van der Waals surface area contributed by atoms with Gasteiger partial charge in [0, 0.05) is 0 Å². The molecule has 0 rings (SSSR count). The van der Waals surface area contributed by atoms with Gasteiger partial charge >= 0.3 is 0 Å². The number of hydrazine groups is 1. The maximum atomic E-state index is 10.7. The molecule has 0 unspecified atom stereocenters. The maximum absolute atomic E-state index is 10.7. The zero-order valence-corrected chi connectivity index (χ0v) is 6.94. The summed E-state index contributed by atoms with van der Waals surface area (Å²) in [4.78, 5) is 10.4. The van der Waals surface area contributed by atoms with Crippen molar-refractivity contribution in [2.75, 3.05) is 12.3 Å². The number of sulfonamides is 1. The molecule has 6 nitrogen and oxygen atoms in total. The molecule has 0 saturated heterocycles. The number of rotatable bonds is 4. The quantitative estimate of drug-likeness (QED) is 0.263. The summed E-state index contributed by atoms with van der Waals surface area (Å²) in [5.41, 5.74) is 1.80. The summed E-state index contributed by atoms with van der Waals surface area (Å²) in [6.45, 7) is 1.16. The Morgan fingerprint density at radius 3 is 2.45 bits per heavy atom. The molecular formula is C4H11N3O3S. The highest BCUT2D eigenvalue weighted by Crippen LogP contribution is 1.79. The van der Waals surface area contributed by atoms with E-state index in [-0.39, 0.29) is 12.3 Å². The van der Waals surface area contributed by atoms with Gasteiger partial charge in [-0.3, -0.25) is 10.2 Å². The summed E-state index contributed by atoms with van der Waals surface area (Å²) in [6.07, 6.45) is 0. The molecule has 7 heteroatoms. The molecular weight excluding hydrogens is 170 g/mol. The summed E-state index contributed by atoms with van der Waals surface area (Å²) >= 11 is 0. The molecule has 4 N–H and O–H groups in total. The van der Waals surface area contributed by atoms with Crippen LogP contribution in [0.1, 0.15) is 6.92 Å². The lowest BCUT2D eigenvalue weighted by molar-refractivity contribution is -0.120. The van der Waals surface area contributed by atoms with Gasteiger partial charge in [0.05, 0.1) is 12.3 Å². The topological polar surface area (TPSA) is 101 Å². The van der Waals surface area contributed by atoms with Gasteiger partial charge in [0.25, 0.3) is 0 Å². The Labute approximate surface area is 65.2 Å². The molecule has 0 aliphatic rings. The van der Waals surface area contributed by atoms with Gasteiger partial charge in [-0.1, -0.05) is 0 Å². The number of hydrogen-bond donors (Lipinski definition) is 3. The molecule has 0 aromatic heterocycles. The van der Waals surface area contributed by atoms with E-state index in [9.17, 15) is 13.2 Å². The molecule has 0 bridgehead atoms. The largest absolute Gasteiger partial charge is 0.293 e. The van der Waals surface area contributed by atoms with Crippen molar-refractivity contribution in [1.29, 1.82) is 0 Å². The van der Waals surface area contributed by atoms with E-state index in [1.165, 1.54) is 6.92 Å². The van der Waals surface area contributed by atoms with Crippen LogP contribution in [0.5, 0.6) is 0 Å². The molecule has 0 aromatic carbocycles. The minimum Gasteiger partial charge on any atom is -0.293 e. The zero-order valence-electron chi connectivity index (χ0n) is 6.12. The first-order valence-corrected chi connectivity index (χ1v) is 4.64. The van der Waals surface area contributed by atoms with Gasteiger partial charge in [0.1, 0.15) is 0 Å². The van der Waals surface area contributed by atoms with Crippen LogP contribution in [-0.4, -0.2) is 26.6 Å². The van der Waals surface area contributed by atoms with Crippen LogP contribution in [0.2, 0.25) is 0 Å². The van der Waals surface area contributed by atoms with Crippen molar-refractivity contribution in [1.82, 2.24) is 10.1 Å². The Hall–Kier alpha value is -0.660. The van der Waals surface area contributed by atoms with Gasteiger partial charge in [-0.2, -0.15) is 0 Å². The highest BCUT2D eigenvalue weighted by molar-refractivity contribution is 7.89. The van der Waals surface area contributed by atoms with E-state index in [0.717, 1.165) is 0 Å². The molecule has 0 spiro atoms. The Bertz CT molecular complexity index is 223. The second-order valence-electron chi connectivity index (χ2n) is 1.79. The molecule has 0 fully saturated rings. The van der Waals surface area contributed by atoms with E-state index in [0.29, 0.717) is 0 Å². The molecule has 0 heterocycles. The molecule has 0 radical (unpaired) electrons. The molecule has 0 saturated carbocycles. The monoisotopic (exact) mass is 181 g/mol. The molecule has 11 heavy (non-hydrogen) atoms. The van der Waals surface area contributed by atoms with E-state index < -0.39 is 15.9 Å². The normalized spacial score (nSPS) is 11.1. The lowest BCUT2D eigenvalue weighted by atomic mass is 10.6. The van der Waals surface area contributed by atoms with E-state index in [1.807, 2.05) is 4.72 Å². The fourth-order valence-corrected chi connectivity index (χ4v) is 0.884. The van der Waals surface area contributed by atoms with Gasteiger partial charge < -0.3 is 0 Å². The number of carbonyl (C=O) groups excluding carboxylic acids is 1. The average molecular weight is 181 g/mol. The molecule has 0 aromatic rings. The Balaban J connectivity index is 3.80. The third kappa shape index (κ3) is 4.71. The second kappa shape index (κ2) is 4.27. The molecule has 66 valence electrons. The average Bonchev–Trinajstić information content (AvgIpc) is 2.00. The van der Waals surface area contributed by atoms with Crippen molar-refractivity contribution in [3.63, 3.8) is 0 Å². The third-order valence-corrected chi connectivity index (χ3v) is 2.34. The van der Waals surface area contributed by atoms with Crippen molar-refractivity contribution >= 4 is 15.9 Å². The van der Waals surface area contributed by atoms with Crippen molar-refractivity contribution in [3.8, 4) is 0 Å². The van der Waals surface area contributed by atoms with Crippen LogP contribution >= 0.6 is 0 Å². The maximum Gasteiger partial charge on any atom is 0.248 e. The number of nitrogens with two attached hydrogens (primary N) is 1. The highest BCUT2D eigenvalue weighted by Gasteiger charge is 2.07. The van der Waals surface area contributed by atoms with Crippen LogP contribution in [-0.2, 0) is 14.8 Å². The zero-order chi connectivity index (χ0) is 8.91. The fourth-order valence-electron chi connectivity index (χ4n) is 0.329. The Kier molecular flexibility index (Phi) is 4.01. The first-order chi connectivity index (χ1) is 5.02. The van der Waals surface area contributed by atoms with Gasteiger partial charge in [0.2, 0.25) is 15.9 Å². The number of carbonyl (C=O) groups is 1. The SMILES string of the molecule is CCS(=O)(=O)NCC(=O)NN. The Morgan fingerprint density at radius 1 is 1.55 bits per heavy atom. The van der Waals surface area contributed by atoms with Crippen LogP contribution in [0.25, 0.3) is 0 Å². The first kappa shape index (κ1) is 10.3. The van der Waals surface area contributed by atoms with Gasteiger partial charge in [0.15, 0.2) is 0 Å². The van der Waals surface area contributed by atoms with Crippen LogP contribution in [0.15, 0.2) is 0 Å². The minimum atomic E-state index is -3.29. The second-order valence-corrected chi connectivity index (χ2v) is 3.89. The summed E-state index contributed by atoms with van der Waals surface area (Å²) < 4.78 is 23.4. The van der Waals surface area contributed by atoms with E-state index >= 15 is 0 Å². The lowest BCUT2D eigenvalue weighted by Gasteiger charge is -2.01. The molecule has 0 aliphatic heterocycles. The third-order valence-electron chi connectivity index (χ3n) is 0.994. The van der Waals surface area contributed by atoms with Crippen molar-refractivity contribution < 1.29 is 13.2 Å². The van der Waals surface area contributed by atoms with Crippen LogP contribution in [0.3, 0.4) is 0 Å². The minimum absolute atomic E-state index is 0.0507. The summed E-state index contributed by atoms with van der Waals surface area (Å²) in [6, 6.07) is 0. The van der Waals surface area contributed by atoms with Gasteiger partial charge in [-0.05, 0) is 6.92 Å². The fraction of sp³-hybridized carbons (Fsp3) is 0.750.